The molecule has 5 nitrogen and oxygen atoms in total. The number of aromatic hydroxyl groups is 1. The maximum Gasteiger partial charge on any atom is 0.416 e. The lowest BCUT2D eigenvalue weighted by Gasteiger charge is -2.20. The number of nitrogens with one attached hydrogen (secondary N) is 1. The number of nitrogens with zero attached hydrogens (tertiary/aromatic N) is 1. The Balaban J connectivity index is 1.71. The fraction of sp³-hybridized carbons (Fsp3) is 0.300. The van der Waals surface area contributed by atoms with Gasteiger partial charge in [-0.3, -0.25) is 9.59 Å². The Morgan fingerprint density at radius 1 is 1.25 bits per heavy atom. The molecule has 1 aliphatic rings. The summed E-state index contributed by atoms with van der Waals surface area (Å²) in [6.07, 6.45) is -4.22. The Kier molecular flexibility index (Phi) is 5.31. The van der Waals surface area contributed by atoms with E-state index in [1.807, 2.05) is 0 Å². The molecule has 1 fully saturated rings. The fourth-order valence-electron chi connectivity index (χ4n) is 3.24. The summed E-state index contributed by atoms with van der Waals surface area (Å²) in [6.45, 7) is 1.81. The molecule has 1 saturated heterocycles. The van der Waals surface area contributed by atoms with Crippen molar-refractivity contribution in [1.29, 1.82) is 0 Å². The van der Waals surface area contributed by atoms with E-state index in [-0.39, 0.29) is 36.4 Å². The van der Waals surface area contributed by atoms with Gasteiger partial charge < -0.3 is 15.3 Å². The standard InChI is InChI=1S/C20H19F3N2O3/c1-12-6-7-17(26)14(10-12)18(27)24-16-8-9-25(19(16)28)11-13-4-2-3-5-15(13)20(21,22)23/h2-7,10,16,26H,8-9,11H2,1H3,(H,24,27). The quantitative estimate of drug-likeness (QED) is 0.839. The number of aryl methyl sites for hydroxylation is 1. The predicted octanol–water partition coefficient (Wildman–Crippen LogP) is 3.25. The molecule has 2 aromatic carbocycles. The van der Waals surface area contributed by atoms with Crippen LogP contribution in [0, 0.1) is 6.92 Å². The van der Waals surface area contributed by atoms with Crippen molar-refractivity contribution >= 4 is 11.8 Å². The van der Waals surface area contributed by atoms with E-state index in [0.29, 0.717) is 0 Å². The molecule has 3 rings (SSSR count). The minimum atomic E-state index is -4.50. The van der Waals surface area contributed by atoms with Crippen LogP contribution in [0.3, 0.4) is 0 Å². The van der Waals surface area contributed by atoms with Crippen molar-refractivity contribution in [2.45, 2.75) is 32.1 Å². The van der Waals surface area contributed by atoms with Crippen molar-refractivity contribution in [3.05, 3.63) is 64.7 Å². The average Bonchev–Trinajstić information content (AvgIpc) is 2.96. The van der Waals surface area contributed by atoms with E-state index < -0.39 is 29.6 Å². The average molecular weight is 392 g/mol. The predicted molar refractivity (Wildman–Crippen MR) is 95.6 cm³/mol. The Morgan fingerprint density at radius 2 is 1.96 bits per heavy atom. The van der Waals surface area contributed by atoms with Crippen LogP contribution >= 0.6 is 0 Å². The largest absolute Gasteiger partial charge is 0.507 e. The van der Waals surface area contributed by atoms with Gasteiger partial charge in [0.15, 0.2) is 0 Å². The summed E-state index contributed by atoms with van der Waals surface area (Å²) in [5.74, 6) is -1.25. The highest BCUT2D eigenvalue weighted by Gasteiger charge is 2.37. The number of halogens is 3. The van der Waals surface area contributed by atoms with Gasteiger partial charge in [0.05, 0.1) is 11.1 Å². The van der Waals surface area contributed by atoms with Crippen molar-refractivity contribution in [3.63, 3.8) is 0 Å². The first-order valence-corrected chi connectivity index (χ1v) is 8.71. The molecule has 28 heavy (non-hydrogen) atoms. The zero-order valence-electron chi connectivity index (χ0n) is 15.1. The number of carbonyl (C=O) groups excluding carboxylic acids is 2. The molecule has 0 saturated carbocycles. The number of phenols is 1. The highest BCUT2D eigenvalue weighted by atomic mass is 19.4. The highest BCUT2D eigenvalue weighted by molar-refractivity contribution is 6.00. The van der Waals surface area contributed by atoms with Gasteiger partial charge in [0.25, 0.3) is 5.91 Å². The number of rotatable bonds is 4. The summed E-state index contributed by atoms with van der Waals surface area (Å²) in [4.78, 5) is 26.2. The molecule has 2 aromatic rings. The van der Waals surface area contributed by atoms with Crippen LogP contribution in [-0.4, -0.2) is 34.4 Å². The van der Waals surface area contributed by atoms with Gasteiger partial charge in [-0.15, -0.1) is 0 Å². The number of hydrogen-bond acceptors (Lipinski definition) is 3. The van der Waals surface area contributed by atoms with Crippen LogP contribution in [0.2, 0.25) is 0 Å². The number of hydrogen-bond donors (Lipinski definition) is 2. The third kappa shape index (κ3) is 4.11. The van der Waals surface area contributed by atoms with E-state index in [4.69, 9.17) is 0 Å². The second-order valence-electron chi connectivity index (χ2n) is 6.75. The topological polar surface area (TPSA) is 69.6 Å². The van der Waals surface area contributed by atoms with Gasteiger partial charge >= 0.3 is 6.18 Å². The second kappa shape index (κ2) is 7.53. The maximum absolute atomic E-state index is 13.1. The number of alkyl halides is 3. The van der Waals surface area contributed by atoms with Crippen molar-refractivity contribution in [3.8, 4) is 5.75 Å². The van der Waals surface area contributed by atoms with Crippen molar-refractivity contribution in [1.82, 2.24) is 10.2 Å². The second-order valence-corrected chi connectivity index (χ2v) is 6.75. The summed E-state index contributed by atoms with van der Waals surface area (Å²) < 4.78 is 39.4. The van der Waals surface area contributed by atoms with Gasteiger partial charge in [-0.2, -0.15) is 13.2 Å². The number of benzene rings is 2. The van der Waals surface area contributed by atoms with Crippen LogP contribution in [0.4, 0.5) is 13.2 Å². The van der Waals surface area contributed by atoms with E-state index >= 15 is 0 Å². The molecule has 148 valence electrons. The zero-order chi connectivity index (χ0) is 20.5. The van der Waals surface area contributed by atoms with Gasteiger partial charge in [0, 0.05) is 13.1 Å². The molecule has 2 amide bonds. The molecule has 0 aromatic heterocycles. The van der Waals surface area contributed by atoms with Crippen LogP contribution in [0.25, 0.3) is 0 Å². The van der Waals surface area contributed by atoms with Crippen molar-refractivity contribution in [2.75, 3.05) is 6.54 Å². The van der Waals surface area contributed by atoms with Crippen molar-refractivity contribution in [2.24, 2.45) is 0 Å². The van der Waals surface area contributed by atoms with Gasteiger partial charge in [-0.25, -0.2) is 0 Å². The van der Waals surface area contributed by atoms with E-state index in [9.17, 15) is 27.9 Å². The van der Waals surface area contributed by atoms with Crippen LogP contribution in [0.15, 0.2) is 42.5 Å². The molecule has 1 unspecified atom stereocenters. The molecule has 1 aliphatic heterocycles. The van der Waals surface area contributed by atoms with E-state index in [1.54, 1.807) is 13.0 Å². The normalized spacial score (nSPS) is 17.1. The van der Waals surface area contributed by atoms with Gasteiger partial charge in [0.2, 0.25) is 5.91 Å². The molecular weight excluding hydrogens is 373 g/mol. The van der Waals surface area contributed by atoms with E-state index in [1.165, 1.54) is 35.2 Å². The van der Waals surface area contributed by atoms with Gasteiger partial charge in [-0.05, 0) is 37.1 Å². The molecular formula is C20H19F3N2O3. The summed E-state index contributed by atoms with van der Waals surface area (Å²) in [5, 5.41) is 12.4. The van der Waals surface area contributed by atoms with E-state index in [0.717, 1.165) is 11.6 Å². The van der Waals surface area contributed by atoms with Crippen LogP contribution in [0.1, 0.15) is 33.5 Å². The van der Waals surface area contributed by atoms with Gasteiger partial charge in [-0.1, -0.05) is 29.8 Å². The smallest absolute Gasteiger partial charge is 0.416 e. The van der Waals surface area contributed by atoms with Gasteiger partial charge in [0.1, 0.15) is 11.8 Å². The third-order valence-corrected chi connectivity index (χ3v) is 4.68. The Bertz CT molecular complexity index is 912. The molecule has 0 bridgehead atoms. The fourth-order valence-corrected chi connectivity index (χ4v) is 3.24. The zero-order valence-corrected chi connectivity index (χ0v) is 15.1. The number of phenolic OH excluding ortho intramolecular Hbond substituents is 1. The Labute approximate surface area is 159 Å². The Morgan fingerprint density at radius 3 is 2.68 bits per heavy atom. The molecule has 0 radical (unpaired) electrons. The van der Waals surface area contributed by atoms with Crippen LogP contribution in [0.5, 0.6) is 5.75 Å². The Hall–Kier alpha value is -3.03. The third-order valence-electron chi connectivity index (χ3n) is 4.68. The van der Waals surface area contributed by atoms with E-state index in [2.05, 4.69) is 5.32 Å². The first kappa shape index (κ1) is 19.7. The SMILES string of the molecule is Cc1ccc(O)c(C(=O)NC2CCN(Cc3ccccc3C(F)(F)F)C2=O)c1. The first-order chi connectivity index (χ1) is 13.2. The molecule has 0 aliphatic carbocycles. The molecule has 2 N–H and O–H groups in total. The molecule has 1 heterocycles. The number of likely N-dealkylation sites (tertiary alicyclic amines) is 1. The monoisotopic (exact) mass is 392 g/mol. The summed E-state index contributed by atoms with van der Waals surface area (Å²) >= 11 is 0. The maximum atomic E-state index is 13.1. The summed E-state index contributed by atoms with van der Waals surface area (Å²) in [5.41, 5.74) is 0.0476. The number of amides is 2. The van der Waals surface area contributed by atoms with Crippen LogP contribution < -0.4 is 5.32 Å². The molecule has 1 atom stereocenters. The molecule has 0 spiro atoms. The minimum absolute atomic E-state index is 0.00616. The first-order valence-electron chi connectivity index (χ1n) is 8.71. The van der Waals surface area contributed by atoms with Crippen LogP contribution in [-0.2, 0) is 17.5 Å². The lowest BCUT2D eigenvalue weighted by molar-refractivity contribution is -0.139. The summed E-state index contributed by atoms with van der Waals surface area (Å²) in [6, 6.07) is 8.81. The number of carbonyl (C=O) groups is 2. The highest BCUT2D eigenvalue weighted by Crippen LogP contribution is 2.33. The minimum Gasteiger partial charge on any atom is -0.507 e. The van der Waals surface area contributed by atoms with Crippen molar-refractivity contribution < 1.29 is 27.9 Å². The molecule has 8 heteroatoms. The lowest BCUT2D eigenvalue weighted by Crippen LogP contribution is -2.41. The summed E-state index contributed by atoms with van der Waals surface area (Å²) in [7, 11) is 0. The lowest BCUT2D eigenvalue weighted by atomic mass is 10.1.